The molecule has 0 aliphatic carbocycles. The summed E-state index contributed by atoms with van der Waals surface area (Å²) in [6, 6.07) is 13.7. The largest absolute Gasteiger partial charge is 0.508 e. The van der Waals surface area contributed by atoms with Gasteiger partial charge < -0.3 is 10.8 Å². The van der Waals surface area contributed by atoms with Gasteiger partial charge in [-0.05, 0) is 42.5 Å². The Balaban J connectivity index is 1.70. The first-order valence-corrected chi connectivity index (χ1v) is 7.93. The Morgan fingerprint density at radius 2 is 1.76 bits per heavy atom. The van der Waals surface area contributed by atoms with Gasteiger partial charge in [0, 0.05) is 30.2 Å². The van der Waals surface area contributed by atoms with Crippen LogP contribution in [0.15, 0.2) is 36.4 Å². The molecule has 110 valence electrons. The molecule has 3 nitrogen and oxygen atoms in total. The van der Waals surface area contributed by atoms with Gasteiger partial charge in [-0.1, -0.05) is 30.3 Å². The highest BCUT2D eigenvalue weighted by molar-refractivity contribution is 5.87. The Morgan fingerprint density at radius 1 is 1.05 bits per heavy atom. The van der Waals surface area contributed by atoms with Gasteiger partial charge in [-0.25, -0.2) is 0 Å². The third-order valence-corrected chi connectivity index (χ3v) is 5.28. The summed E-state index contributed by atoms with van der Waals surface area (Å²) in [5, 5.41) is 12.7. The number of fused-ring (bicyclic) bond motifs is 3. The van der Waals surface area contributed by atoms with Crippen LogP contribution in [0.5, 0.6) is 5.75 Å². The summed E-state index contributed by atoms with van der Waals surface area (Å²) in [6.07, 6.45) is 4.71. The number of rotatable bonds is 2. The number of phenolic OH excluding ortho intramolecular Hbond substituents is 1. The second-order valence-electron chi connectivity index (χ2n) is 6.57. The monoisotopic (exact) mass is 282 g/mol. The van der Waals surface area contributed by atoms with Gasteiger partial charge >= 0.3 is 0 Å². The third-order valence-electron chi connectivity index (χ3n) is 5.28. The smallest absolute Gasteiger partial charge is 0.120 e. The predicted octanol–water partition coefficient (Wildman–Crippen LogP) is 3.00. The van der Waals surface area contributed by atoms with E-state index in [2.05, 4.69) is 17.0 Å². The first-order valence-electron chi connectivity index (χ1n) is 7.93. The zero-order valence-corrected chi connectivity index (χ0v) is 12.2. The predicted molar refractivity (Wildman–Crippen MR) is 85.2 cm³/mol. The molecule has 2 aromatic rings. The van der Waals surface area contributed by atoms with Crippen LogP contribution in [0, 0.1) is 0 Å². The van der Waals surface area contributed by atoms with Gasteiger partial charge in [-0.3, -0.25) is 4.90 Å². The van der Waals surface area contributed by atoms with Crippen molar-refractivity contribution in [2.75, 3.05) is 0 Å². The molecule has 2 bridgehead atoms. The van der Waals surface area contributed by atoms with Crippen LogP contribution < -0.4 is 5.73 Å². The number of hydrogen-bond donors (Lipinski definition) is 2. The number of nitrogens with zero attached hydrogens (tertiary/aromatic N) is 1. The highest BCUT2D eigenvalue weighted by Gasteiger charge is 2.39. The van der Waals surface area contributed by atoms with Crippen LogP contribution in [0.3, 0.4) is 0 Å². The normalized spacial score (nSPS) is 29.1. The standard InChI is InChI=1S/C18H22N2O/c19-13-9-14-6-7-15(10-13)20(14)11-17-16-4-2-1-3-12(16)5-8-18(17)21/h1-5,8,13-15,21H,6-7,9-11,19H2. The van der Waals surface area contributed by atoms with Crippen LogP contribution in [0.4, 0.5) is 0 Å². The van der Waals surface area contributed by atoms with Crippen molar-refractivity contribution in [1.82, 2.24) is 4.90 Å². The van der Waals surface area contributed by atoms with Gasteiger partial charge in [0.1, 0.15) is 5.75 Å². The summed E-state index contributed by atoms with van der Waals surface area (Å²) in [7, 11) is 0. The number of hydrogen-bond acceptors (Lipinski definition) is 3. The van der Waals surface area contributed by atoms with Gasteiger partial charge in [0.15, 0.2) is 0 Å². The zero-order valence-electron chi connectivity index (χ0n) is 12.2. The lowest BCUT2D eigenvalue weighted by Gasteiger charge is -2.38. The van der Waals surface area contributed by atoms with E-state index in [9.17, 15) is 5.11 Å². The van der Waals surface area contributed by atoms with Crippen molar-refractivity contribution >= 4 is 10.8 Å². The fourth-order valence-corrected chi connectivity index (χ4v) is 4.25. The van der Waals surface area contributed by atoms with Crippen LogP contribution in [0.2, 0.25) is 0 Å². The summed E-state index contributed by atoms with van der Waals surface area (Å²) in [5.41, 5.74) is 7.23. The van der Waals surface area contributed by atoms with Gasteiger partial charge in [-0.15, -0.1) is 0 Å². The van der Waals surface area contributed by atoms with Crippen molar-refractivity contribution in [3.05, 3.63) is 42.0 Å². The number of benzene rings is 2. The first-order chi connectivity index (χ1) is 10.2. The maximum absolute atomic E-state index is 10.3. The van der Waals surface area contributed by atoms with Gasteiger partial charge in [0.05, 0.1) is 0 Å². The zero-order chi connectivity index (χ0) is 14.4. The lowest BCUT2D eigenvalue weighted by Crippen LogP contribution is -2.46. The van der Waals surface area contributed by atoms with Crippen LogP contribution in [-0.4, -0.2) is 28.1 Å². The maximum Gasteiger partial charge on any atom is 0.120 e. The Bertz CT molecular complexity index is 655. The molecule has 0 aromatic heterocycles. The molecule has 2 aromatic carbocycles. The Morgan fingerprint density at radius 3 is 2.52 bits per heavy atom. The van der Waals surface area contributed by atoms with Crippen LogP contribution in [0.1, 0.15) is 31.2 Å². The molecule has 3 N–H and O–H groups in total. The average molecular weight is 282 g/mol. The first kappa shape index (κ1) is 13.1. The summed E-state index contributed by atoms with van der Waals surface area (Å²) >= 11 is 0. The van der Waals surface area contributed by atoms with Gasteiger partial charge in [0.25, 0.3) is 0 Å². The summed E-state index contributed by atoms with van der Waals surface area (Å²) in [5.74, 6) is 0.419. The second-order valence-corrected chi connectivity index (χ2v) is 6.57. The van der Waals surface area contributed by atoms with Crippen molar-refractivity contribution < 1.29 is 5.11 Å². The van der Waals surface area contributed by atoms with Crippen molar-refractivity contribution in [2.24, 2.45) is 5.73 Å². The minimum absolute atomic E-state index is 0.361. The average Bonchev–Trinajstić information content (AvgIpc) is 2.72. The minimum atomic E-state index is 0.361. The number of nitrogens with two attached hydrogens (primary N) is 1. The summed E-state index contributed by atoms with van der Waals surface area (Å²) < 4.78 is 0. The molecule has 2 saturated heterocycles. The fraction of sp³-hybridized carbons (Fsp3) is 0.444. The van der Waals surface area contributed by atoms with Crippen molar-refractivity contribution in [3.63, 3.8) is 0 Å². The Hall–Kier alpha value is -1.58. The summed E-state index contributed by atoms with van der Waals surface area (Å²) in [4.78, 5) is 2.57. The molecular weight excluding hydrogens is 260 g/mol. The van der Waals surface area contributed by atoms with E-state index in [1.165, 1.54) is 23.6 Å². The Labute approximate surface area is 125 Å². The quantitative estimate of drug-likeness (QED) is 0.890. The molecule has 2 aliphatic rings. The fourth-order valence-electron chi connectivity index (χ4n) is 4.25. The lowest BCUT2D eigenvalue weighted by atomic mass is 9.96. The van der Waals surface area contributed by atoms with E-state index in [1.54, 1.807) is 0 Å². The molecule has 0 radical (unpaired) electrons. The van der Waals surface area contributed by atoms with Crippen LogP contribution in [0.25, 0.3) is 10.8 Å². The van der Waals surface area contributed by atoms with E-state index < -0.39 is 0 Å². The molecule has 21 heavy (non-hydrogen) atoms. The van der Waals surface area contributed by atoms with E-state index in [-0.39, 0.29) is 0 Å². The molecule has 0 spiro atoms. The van der Waals surface area contributed by atoms with Crippen LogP contribution in [-0.2, 0) is 6.54 Å². The molecule has 3 heteroatoms. The highest BCUT2D eigenvalue weighted by Crippen LogP contribution is 2.38. The topological polar surface area (TPSA) is 49.5 Å². The highest BCUT2D eigenvalue weighted by atomic mass is 16.3. The SMILES string of the molecule is NC1CC2CCC(C1)N2Cc1c(O)ccc2ccccc12. The second kappa shape index (κ2) is 5.00. The molecule has 2 unspecified atom stereocenters. The van der Waals surface area contributed by atoms with E-state index in [4.69, 9.17) is 5.73 Å². The maximum atomic E-state index is 10.3. The molecule has 2 atom stereocenters. The lowest BCUT2D eigenvalue weighted by molar-refractivity contribution is 0.119. The molecule has 4 rings (SSSR count). The number of phenols is 1. The molecule has 2 fully saturated rings. The Kier molecular flexibility index (Phi) is 3.12. The molecule has 0 saturated carbocycles. The van der Waals surface area contributed by atoms with E-state index in [1.807, 2.05) is 24.3 Å². The molecule has 2 heterocycles. The van der Waals surface area contributed by atoms with Crippen molar-refractivity contribution in [2.45, 2.75) is 50.4 Å². The summed E-state index contributed by atoms with van der Waals surface area (Å²) in [6.45, 7) is 0.842. The molecule has 2 aliphatic heterocycles. The van der Waals surface area contributed by atoms with Crippen molar-refractivity contribution in [1.29, 1.82) is 0 Å². The van der Waals surface area contributed by atoms with E-state index >= 15 is 0 Å². The van der Waals surface area contributed by atoms with E-state index in [0.29, 0.717) is 23.9 Å². The van der Waals surface area contributed by atoms with E-state index in [0.717, 1.165) is 24.9 Å². The van der Waals surface area contributed by atoms with Crippen molar-refractivity contribution in [3.8, 4) is 5.75 Å². The number of piperidine rings is 1. The minimum Gasteiger partial charge on any atom is -0.508 e. The van der Waals surface area contributed by atoms with Gasteiger partial charge in [0.2, 0.25) is 0 Å². The third kappa shape index (κ3) is 2.21. The molecule has 0 amide bonds. The number of aromatic hydroxyl groups is 1. The van der Waals surface area contributed by atoms with Crippen LogP contribution >= 0.6 is 0 Å². The molecular formula is C18H22N2O. The van der Waals surface area contributed by atoms with Gasteiger partial charge in [-0.2, -0.15) is 0 Å².